The van der Waals surface area contributed by atoms with Crippen LogP contribution in [0.3, 0.4) is 0 Å². The van der Waals surface area contributed by atoms with E-state index in [-0.39, 0.29) is 53.8 Å². The van der Waals surface area contributed by atoms with Gasteiger partial charge in [0.25, 0.3) is 0 Å². The first-order chi connectivity index (χ1) is 31.1. The van der Waals surface area contributed by atoms with Crippen molar-refractivity contribution in [2.24, 2.45) is 41.4 Å². The van der Waals surface area contributed by atoms with E-state index in [1.54, 1.807) is 31.2 Å². The molecule has 1 aromatic rings. The van der Waals surface area contributed by atoms with E-state index in [0.29, 0.717) is 57.8 Å². The molecule has 0 aliphatic carbocycles. The maximum atomic E-state index is 14.7. The third-order valence-electron chi connectivity index (χ3n) is 16.6. The van der Waals surface area contributed by atoms with Crippen LogP contribution in [-0.4, -0.2) is 117 Å². The SMILES string of the molecule is CC[C@@H](C(=O)[C@@H](C)[C@@H](O)[C@H](C)[C@@H]1O[C@@H]([C@@H](CC)C(=O)N[C@@H](Cc2ccc(O)cc2)C(=O)OC)CC[C@@H]1C)[C@H]1O[C@]2(C=C[C@@H](O)[C@]3(CC[C@@](C)([C@H]4CC[C@](O)(CC)[C@H](C)O4)O3)O2)[C@H](C)C[C@@H]1C. The molecule has 5 aliphatic rings. The molecular formula is C52H81NO13. The number of phenolic OH excluding ortho intramolecular Hbond substituents is 1. The van der Waals surface area contributed by atoms with Gasteiger partial charge in [-0.1, -0.05) is 67.5 Å². The molecule has 4 saturated heterocycles. The molecule has 4 fully saturated rings. The second-order valence-electron chi connectivity index (χ2n) is 21.0. The Morgan fingerprint density at radius 3 is 2.20 bits per heavy atom. The minimum Gasteiger partial charge on any atom is -0.508 e. The maximum absolute atomic E-state index is 14.7. The Hall–Kier alpha value is -2.95. The third-order valence-corrected chi connectivity index (χ3v) is 16.6. The van der Waals surface area contributed by atoms with Gasteiger partial charge in [0.2, 0.25) is 11.7 Å². The number of ketones is 1. The number of ether oxygens (including phenoxy) is 6. The van der Waals surface area contributed by atoms with E-state index >= 15 is 0 Å². The number of nitrogens with one attached hydrogen (secondary N) is 1. The van der Waals surface area contributed by atoms with Crippen molar-refractivity contribution in [3.63, 3.8) is 0 Å². The summed E-state index contributed by atoms with van der Waals surface area (Å²) in [7, 11) is 1.28. The molecule has 5 heterocycles. The maximum Gasteiger partial charge on any atom is 0.328 e. The molecule has 5 N–H and O–H groups in total. The zero-order valence-electron chi connectivity index (χ0n) is 41.4. The van der Waals surface area contributed by atoms with Gasteiger partial charge in [0.05, 0.1) is 60.9 Å². The van der Waals surface area contributed by atoms with Gasteiger partial charge in [-0.15, -0.1) is 0 Å². The lowest BCUT2D eigenvalue weighted by atomic mass is 9.72. The van der Waals surface area contributed by atoms with Gasteiger partial charge < -0.3 is 54.2 Å². The third kappa shape index (κ3) is 10.5. The smallest absolute Gasteiger partial charge is 0.328 e. The van der Waals surface area contributed by atoms with Crippen LogP contribution in [0.1, 0.15) is 139 Å². The predicted molar refractivity (Wildman–Crippen MR) is 247 cm³/mol. The summed E-state index contributed by atoms with van der Waals surface area (Å²) in [5, 5.41) is 47.3. The van der Waals surface area contributed by atoms with Gasteiger partial charge in [-0.25, -0.2) is 4.79 Å². The molecule has 14 heteroatoms. The fourth-order valence-corrected chi connectivity index (χ4v) is 12.0. The molecule has 6 rings (SSSR count). The molecule has 1 amide bonds. The highest BCUT2D eigenvalue weighted by Gasteiger charge is 2.63. The van der Waals surface area contributed by atoms with Crippen molar-refractivity contribution in [3.05, 3.63) is 42.0 Å². The molecule has 66 heavy (non-hydrogen) atoms. The fourth-order valence-electron chi connectivity index (χ4n) is 12.0. The number of carbonyl (C=O) groups excluding carboxylic acids is 3. The average Bonchev–Trinajstić information content (AvgIpc) is 3.64. The van der Waals surface area contributed by atoms with E-state index in [9.17, 15) is 34.8 Å². The van der Waals surface area contributed by atoms with Crippen molar-refractivity contribution >= 4 is 17.7 Å². The number of hydrogen-bond donors (Lipinski definition) is 5. The summed E-state index contributed by atoms with van der Waals surface area (Å²) in [6.07, 6.45) is 5.14. The van der Waals surface area contributed by atoms with Crippen LogP contribution in [0.15, 0.2) is 36.4 Å². The minimum absolute atomic E-state index is 0.0234. The topological polar surface area (TPSA) is 200 Å². The number of aromatic hydroxyl groups is 1. The number of aliphatic hydroxyl groups excluding tert-OH is 2. The van der Waals surface area contributed by atoms with Crippen LogP contribution in [0.2, 0.25) is 0 Å². The predicted octanol–water partition coefficient (Wildman–Crippen LogP) is 6.71. The van der Waals surface area contributed by atoms with Gasteiger partial charge in [0, 0.05) is 36.5 Å². The van der Waals surface area contributed by atoms with Crippen molar-refractivity contribution in [2.75, 3.05) is 7.11 Å². The summed E-state index contributed by atoms with van der Waals surface area (Å²) in [4.78, 5) is 41.4. The Balaban J connectivity index is 1.12. The van der Waals surface area contributed by atoms with Crippen molar-refractivity contribution in [1.29, 1.82) is 0 Å². The molecule has 0 saturated carbocycles. The lowest BCUT2D eigenvalue weighted by Crippen LogP contribution is -2.63. The number of aliphatic hydroxyl groups is 3. The normalized spacial score (nSPS) is 39.7. The van der Waals surface area contributed by atoms with Gasteiger partial charge in [-0.3, -0.25) is 9.59 Å². The number of rotatable bonds is 16. The highest BCUT2D eigenvalue weighted by molar-refractivity contribution is 5.86. The molecule has 19 atom stereocenters. The standard InChI is InChI=1S/C52H81NO13/c1-12-37(47(58)53-39(48(59)61-11)28-35-16-18-36(54)19-17-35)40-20-15-29(4)45(63-40)33(8)43(56)32(7)44(57)38(13-2)46-30(5)27-31(6)51(64-46)24-21-41(55)52(66-51)26-25-49(10,65-52)42-22-23-50(60,14-3)34(9)62-42/h16-19,21,24,29-34,37-43,45-46,54-56,60H,12-15,20,22-23,25-28H2,1-11H3,(H,53,58)/t29-,30-,31+,32-,33-,34-,37+,38-,39-,40+,41+,42+,43+,45+,46-,49-,50+,51-,52-/m0/s1. The molecule has 14 nitrogen and oxygen atoms in total. The fraction of sp³-hybridized carbons (Fsp3) is 0.788. The number of amides is 1. The lowest BCUT2D eigenvalue weighted by Gasteiger charge is -2.54. The molecule has 372 valence electrons. The van der Waals surface area contributed by atoms with Crippen molar-refractivity contribution in [2.45, 2.75) is 211 Å². The van der Waals surface area contributed by atoms with Crippen LogP contribution < -0.4 is 5.32 Å². The zero-order valence-corrected chi connectivity index (χ0v) is 41.4. The number of esters is 1. The number of carbonyl (C=O) groups is 3. The highest BCUT2D eigenvalue weighted by atomic mass is 16.8. The summed E-state index contributed by atoms with van der Waals surface area (Å²) in [5.41, 5.74) is -0.929. The first kappa shape index (κ1) is 52.4. The van der Waals surface area contributed by atoms with E-state index in [2.05, 4.69) is 26.1 Å². The Morgan fingerprint density at radius 1 is 0.894 bits per heavy atom. The Morgan fingerprint density at radius 2 is 1.58 bits per heavy atom. The molecule has 0 aromatic heterocycles. The van der Waals surface area contributed by atoms with Crippen LogP contribution in [0.5, 0.6) is 5.75 Å². The Labute approximate surface area is 392 Å². The molecule has 0 bridgehead atoms. The zero-order chi connectivity index (χ0) is 48.5. The molecule has 2 spiro atoms. The molecular weight excluding hydrogens is 847 g/mol. The van der Waals surface area contributed by atoms with Crippen molar-refractivity contribution < 1.29 is 63.2 Å². The average molecular weight is 928 g/mol. The summed E-state index contributed by atoms with van der Waals surface area (Å²) >= 11 is 0. The van der Waals surface area contributed by atoms with Crippen molar-refractivity contribution in [3.8, 4) is 5.75 Å². The van der Waals surface area contributed by atoms with E-state index in [1.807, 2.05) is 41.5 Å². The van der Waals surface area contributed by atoms with Crippen molar-refractivity contribution in [1.82, 2.24) is 5.32 Å². The largest absolute Gasteiger partial charge is 0.508 e. The van der Waals surface area contributed by atoms with Gasteiger partial charge in [0.15, 0.2) is 5.79 Å². The second kappa shape index (κ2) is 21.0. The Kier molecular flexibility index (Phi) is 16.6. The Bertz CT molecular complexity index is 1860. The monoisotopic (exact) mass is 928 g/mol. The van der Waals surface area contributed by atoms with E-state index < -0.39 is 89.0 Å². The van der Waals surface area contributed by atoms with E-state index in [4.69, 9.17) is 28.4 Å². The first-order valence-corrected chi connectivity index (χ1v) is 25.0. The number of hydrogen-bond acceptors (Lipinski definition) is 13. The van der Waals surface area contributed by atoms with Gasteiger partial charge in [-0.2, -0.15) is 0 Å². The minimum atomic E-state index is -1.40. The van der Waals surface area contributed by atoms with Crippen LogP contribution in [0.4, 0.5) is 0 Å². The van der Waals surface area contributed by atoms with Gasteiger partial charge in [-0.05, 0) is 113 Å². The van der Waals surface area contributed by atoms with Crippen LogP contribution in [0, 0.1) is 41.4 Å². The molecule has 5 aliphatic heterocycles. The van der Waals surface area contributed by atoms with Crippen LogP contribution in [0.25, 0.3) is 0 Å². The van der Waals surface area contributed by atoms with E-state index in [1.165, 1.54) is 19.2 Å². The summed E-state index contributed by atoms with van der Waals surface area (Å²) in [5.74, 6) is -6.09. The highest BCUT2D eigenvalue weighted by Crippen LogP contribution is 2.54. The van der Waals surface area contributed by atoms with Crippen LogP contribution in [-0.2, 0) is 49.2 Å². The molecule has 0 unspecified atom stereocenters. The second-order valence-corrected chi connectivity index (χ2v) is 21.0. The number of methoxy groups -OCH3 is 1. The summed E-state index contributed by atoms with van der Waals surface area (Å²) in [6, 6.07) is 5.50. The van der Waals surface area contributed by atoms with Gasteiger partial charge >= 0.3 is 5.97 Å². The summed E-state index contributed by atoms with van der Waals surface area (Å²) in [6.45, 7) is 19.6. The number of benzene rings is 1. The van der Waals surface area contributed by atoms with Crippen LogP contribution >= 0.6 is 0 Å². The quantitative estimate of drug-likeness (QED) is 0.0867. The lowest BCUT2D eigenvalue weighted by molar-refractivity contribution is -0.409. The first-order valence-electron chi connectivity index (χ1n) is 25.0. The number of Topliss-reactive ketones (excluding diaryl/α,β-unsaturated/α-hetero) is 1. The summed E-state index contributed by atoms with van der Waals surface area (Å²) < 4.78 is 39.0. The van der Waals surface area contributed by atoms with Gasteiger partial charge in [0.1, 0.15) is 23.7 Å². The molecule has 0 radical (unpaired) electrons. The molecule has 1 aromatic carbocycles. The number of phenols is 1. The van der Waals surface area contributed by atoms with E-state index in [0.717, 1.165) is 12.0 Å².